The van der Waals surface area contributed by atoms with Gasteiger partial charge in [0.1, 0.15) is 6.10 Å². The second-order valence-corrected chi connectivity index (χ2v) is 9.42. The molecular formula is C24H26N4O4S. The van der Waals surface area contributed by atoms with E-state index < -0.39 is 0 Å². The van der Waals surface area contributed by atoms with E-state index in [2.05, 4.69) is 22.0 Å². The first-order valence-electron chi connectivity index (χ1n) is 11.3. The van der Waals surface area contributed by atoms with Crippen molar-refractivity contribution in [1.29, 1.82) is 0 Å². The Morgan fingerprint density at radius 1 is 1.24 bits per heavy atom. The molecule has 0 aliphatic carbocycles. The highest BCUT2D eigenvalue weighted by atomic mass is 32.2. The number of cyclic esters (lactones) is 1. The number of carbonyl (C=O) groups excluding carboxylic acids is 3. The minimum Gasteiger partial charge on any atom is -0.444 e. The number of rotatable bonds is 6. The largest absolute Gasteiger partial charge is 0.444 e. The summed E-state index contributed by atoms with van der Waals surface area (Å²) in [6.45, 7) is 1.84. The third-order valence-corrected chi connectivity index (χ3v) is 7.16. The molecule has 3 aliphatic rings. The zero-order chi connectivity index (χ0) is 22.8. The van der Waals surface area contributed by atoms with Crippen LogP contribution in [-0.2, 0) is 16.0 Å². The van der Waals surface area contributed by atoms with Gasteiger partial charge in [-0.1, -0.05) is 12.1 Å². The number of para-hydroxylation sites is 1. The van der Waals surface area contributed by atoms with Crippen LogP contribution in [0, 0.1) is 0 Å². The first kappa shape index (κ1) is 21.6. The third-order valence-electron chi connectivity index (χ3n) is 6.09. The van der Waals surface area contributed by atoms with Gasteiger partial charge >= 0.3 is 6.09 Å². The fourth-order valence-electron chi connectivity index (χ4n) is 4.45. The molecule has 0 spiro atoms. The molecule has 3 heterocycles. The number of anilines is 3. The number of aryl methyl sites for hydroxylation is 1. The number of benzene rings is 2. The number of ether oxygens (including phenoxy) is 1. The Labute approximate surface area is 196 Å². The molecule has 2 aromatic carbocycles. The maximum Gasteiger partial charge on any atom is 0.414 e. The van der Waals surface area contributed by atoms with E-state index in [4.69, 9.17) is 4.74 Å². The first-order valence-corrected chi connectivity index (χ1v) is 12.3. The number of thioether (sulfide) groups is 1. The zero-order valence-corrected chi connectivity index (χ0v) is 19.0. The van der Waals surface area contributed by atoms with Crippen LogP contribution < -0.4 is 20.9 Å². The van der Waals surface area contributed by atoms with Crippen molar-refractivity contribution in [2.75, 3.05) is 40.9 Å². The van der Waals surface area contributed by atoms with Gasteiger partial charge in [0, 0.05) is 23.7 Å². The maximum absolute atomic E-state index is 12.7. The van der Waals surface area contributed by atoms with Crippen LogP contribution in [0.4, 0.5) is 21.9 Å². The molecule has 3 aliphatic heterocycles. The highest BCUT2D eigenvalue weighted by molar-refractivity contribution is 8.00. The fourth-order valence-corrected chi connectivity index (χ4v) is 5.24. The van der Waals surface area contributed by atoms with E-state index in [0.29, 0.717) is 42.9 Å². The Kier molecular flexibility index (Phi) is 6.13. The lowest BCUT2D eigenvalue weighted by Crippen LogP contribution is -2.28. The predicted molar refractivity (Wildman–Crippen MR) is 128 cm³/mol. The van der Waals surface area contributed by atoms with Gasteiger partial charge in [0.25, 0.3) is 5.91 Å². The van der Waals surface area contributed by atoms with Crippen molar-refractivity contribution in [3.63, 3.8) is 0 Å². The highest BCUT2D eigenvalue weighted by Gasteiger charge is 2.32. The van der Waals surface area contributed by atoms with Gasteiger partial charge in [-0.05, 0) is 55.5 Å². The fraction of sp³-hybridized carbons (Fsp3) is 0.375. The standard InChI is InChI=1S/C24H26N4O4S/c29-21-14-33-20-9-8-16(12-19(20)27-21)28-13-17(32-24(28)31)6-3-11-26-23(30)18-7-1-4-15-5-2-10-25-22(15)18/h1,4,7-9,12,17,25H,2-3,5-6,10-11,13-14H2,(H,26,30)(H,27,29)/t17-/m1/s1. The molecule has 3 amide bonds. The minimum absolute atomic E-state index is 0.0413. The molecule has 0 aromatic heterocycles. The van der Waals surface area contributed by atoms with Crippen LogP contribution in [0.1, 0.15) is 35.2 Å². The van der Waals surface area contributed by atoms with Gasteiger partial charge in [0.2, 0.25) is 5.91 Å². The summed E-state index contributed by atoms with van der Waals surface area (Å²) in [6, 6.07) is 11.5. The molecule has 33 heavy (non-hydrogen) atoms. The maximum atomic E-state index is 12.7. The van der Waals surface area contributed by atoms with Crippen molar-refractivity contribution in [3.8, 4) is 0 Å². The number of nitrogens with one attached hydrogen (secondary N) is 3. The third kappa shape index (κ3) is 4.64. The molecule has 2 aromatic rings. The van der Waals surface area contributed by atoms with E-state index in [1.165, 1.54) is 17.3 Å². The van der Waals surface area contributed by atoms with Crippen molar-refractivity contribution in [2.45, 2.75) is 36.7 Å². The van der Waals surface area contributed by atoms with Gasteiger partial charge in [-0.3, -0.25) is 14.5 Å². The summed E-state index contributed by atoms with van der Waals surface area (Å²) in [5, 5.41) is 9.19. The van der Waals surface area contributed by atoms with Gasteiger partial charge < -0.3 is 20.7 Å². The lowest BCUT2D eigenvalue weighted by molar-refractivity contribution is -0.113. The minimum atomic E-state index is -0.388. The number of amides is 3. The number of nitrogens with zero attached hydrogens (tertiary/aromatic N) is 1. The number of hydrogen-bond acceptors (Lipinski definition) is 6. The van der Waals surface area contributed by atoms with Gasteiger partial charge in [-0.2, -0.15) is 0 Å². The smallest absolute Gasteiger partial charge is 0.414 e. The van der Waals surface area contributed by atoms with Crippen LogP contribution >= 0.6 is 11.8 Å². The lowest BCUT2D eigenvalue weighted by Gasteiger charge is -2.20. The molecule has 9 heteroatoms. The molecule has 1 fully saturated rings. The van der Waals surface area contributed by atoms with E-state index in [0.717, 1.165) is 35.7 Å². The van der Waals surface area contributed by atoms with Gasteiger partial charge in [0.15, 0.2) is 0 Å². The van der Waals surface area contributed by atoms with Crippen molar-refractivity contribution in [3.05, 3.63) is 47.5 Å². The van der Waals surface area contributed by atoms with Crippen LogP contribution in [0.2, 0.25) is 0 Å². The molecule has 0 radical (unpaired) electrons. The summed E-state index contributed by atoms with van der Waals surface area (Å²) in [5.74, 6) is 0.278. The number of fused-ring (bicyclic) bond motifs is 2. The molecule has 1 atom stereocenters. The predicted octanol–water partition coefficient (Wildman–Crippen LogP) is 3.62. The molecule has 0 bridgehead atoms. The summed E-state index contributed by atoms with van der Waals surface area (Å²) < 4.78 is 5.53. The molecule has 3 N–H and O–H groups in total. The van der Waals surface area contributed by atoms with Gasteiger partial charge in [0.05, 0.1) is 29.2 Å². The zero-order valence-electron chi connectivity index (χ0n) is 18.2. The molecule has 1 saturated heterocycles. The van der Waals surface area contributed by atoms with Crippen LogP contribution in [0.25, 0.3) is 0 Å². The lowest BCUT2D eigenvalue weighted by atomic mass is 9.99. The molecule has 5 rings (SSSR count). The van der Waals surface area contributed by atoms with Crippen LogP contribution in [-0.4, -0.2) is 49.4 Å². The Hall–Kier alpha value is -3.20. The summed E-state index contributed by atoms with van der Waals surface area (Å²) in [5.41, 5.74) is 4.25. The van der Waals surface area contributed by atoms with E-state index in [9.17, 15) is 14.4 Å². The van der Waals surface area contributed by atoms with Gasteiger partial charge in [-0.25, -0.2) is 4.79 Å². The Balaban J connectivity index is 1.13. The van der Waals surface area contributed by atoms with E-state index in [1.807, 2.05) is 30.3 Å². The number of hydrogen-bond donors (Lipinski definition) is 3. The Morgan fingerprint density at radius 2 is 2.15 bits per heavy atom. The first-order chi connectivity index (χ1) is 16.1. The summed E-state index contributed by atoms with van der Waals surface area (Å²) in [4.78, 5) is 39.3. The van der Waals surface area contributed by atoms with Gasteiger partial charge in [-0.15, -0.1) is 11.8 Å². The van der Waals surface area contributed by atoms with Crippen molar-refractivity contribution in [2.24, 2.45) is 0 Å². The Morgan fingerprint density at radius 3 is 3.06 bits per heavy atom. The van der Waals surface area contributed by atoms with Crippen molar-refractivity contribution < 1.29 is 19.1 Å². The molecule has 172 valence electrons. The molecule has 0 unspecified atom stereocenters. The second-order valence-electron chi connectivity index (χ2n) is 8.40. The second kappa shape index (κ2) is 9.35. The van der Waals surface area contributed by atoms with Crippen LogP contribution in [0.3, 0.4) is 0 Å². The SMILES string of the molecule is O=C1CSc2ccc(N3C[C@@H](CCCNC(=O)c4cccc5c4NCCC5)OC3=O)cc2N1. The Bertz CT molecular complexity index is 1110. The summed E-state index contributed by atoms with van der Waals surface area (Å²) in [7, 11) is 0. The molecule has 0 saturated carbocycles. The molecular weight excluding hydrogens is 440 g/mol. The highest BCUT2D eigenvalue weighted by Crippen LogP contribution is 2.35. The van der Waals surface area contributed by atoms with E-state index >= 15 is 0 Å². The molecule has 8 nitrogen and oxygen atoms in total. The quantitative estimate of drug-likeness (QED) is 0.563. The van der Waals surface area contributed by atoms with Crippen molar-refractivity contribution in [1.82, 2.24) is 5.32 Å². The van der Waals surface area contributed by atoms with Crippen molar-refractivity contribution >= 4 is 46.7 Å². The van der Waals surface area contributed by atoms with Crippen LogP contribution in [0.5, 0.6) is 0 Å². The normalized spacial score (nSPS) is 19.2. The average molecular weight is 467 g/mol. The van der Waals surface area contributed by atoms with E-state index in [1.54, 1.807) is 4.90 Å². The summed E-state index contributed by atoms with van der Waals surface area (Å²) >= 11 is 1.49. The topological polar surface area (TPSA) is 99.8 Å². The monoisotopic (exact) mass is 466 g/mol. The average Bonchev–Trinajstić information content (AvgIpc) is 3.21. The number of carbonyl (C=O) groups is 3. The summed E-state index contributed by atoms with van der Waals surface area (Å²) in [6.07, 6.45) is 2.81. The van der Waals surface area contributed by atoms with Crippen LogP contribution in [0.15, 0.2) is 41.3 Å². The van der Waals surface area contributed by atoms with E-state index in [-0.39, 0.29) is 24.0 Å².